The van der Waals surface area contributed by atoms with Gasteiger partial charge in [-0.15, -0.1) is 5.10 Å². The topological polar surface area (TPSA) is 47.8 Å². The van der Waals surface area contributed by atoms with Gasteiger partial charge in [0, 0.05) is 5.02 Å². The summed E-state index contributed by atoms with van der Waals surface area (Å²) in [6.45, 7) is 2.57. The van der Waals surface area contributed by atoms with Gasteiger partial charge in [-0.2, -0.15) is 0 Å². The third-order valence-electron chi connectivity index (χ3n) is 2.56. The summed E-state index contributed by atoms with van der Waals surface area (Å²) in [6, 6.07) is 7.54. The average molecular weight is 250 g/mol. The first-order valence-electron chi connectivity index (χ1n) is 5.36. The van der Waals surface area contributed by atoms with Gasteiger partial charge in [-0.25, -0.2) is 4.68 Å². The molecule has 1 aromatic carbocycles. The van der Waals surface area contributed by atoms with Crippen LogP contribution in [-0.4, -0.2) is 21.3 Å². The second kappa shape index (κ2) is 5.10. The Kier molecular flexibility index (Phi) is 3.54. The summed E-state index contributed by atoms with van der Waals surface area (Å²) in [7, 11) is 0. The molecule has 4 nitrogen and oxygen atoms in total. The molecule has 1 heterocycles. The van der Waals surface area contributed by atoms with Gasteiger partial charge in [-0.05, 0) is 24.1 Å². The Hall–Kier alpha value is -1.68. The molecule has 17 heavy (non-hydrogen) atoms. The van der Waals surface area contributed by atoms with E-state index in [1.807, 2.05) is 31.2 Å². The highest BCUT2D eigenvalue weighted by atomic mass is 35.5. The summed E-state index contributed by atoms with van der Waals surface area (Å²) in [6.07, 6.45) is 1.47. The molecule has 0 saturated heterocycles. The predicted octanol–water partition coefficient (Wildman–Crippen LogP) is 2.35. The number of carbonyl (C=O) groups is 1. The van der Waals surface area contributed by atoms with Crippen LogP contribution in [0.5, 0.6) is 0 Å². The lowest BCUT2D eigenvalue weighted by molar-refractivity contribution is 0.111. The quantitative estimate of drug-likeness (QED) is 0.782. The Morgan fingerprint density at radius 2 is 2.06 bits per heavy atom. The molecule has 0 N–H and O–H groups in total. The molecular formula is C12H12ClN3O. The van der Waals surface area contributed by atoms with E-state index in [2.05, 4.69) is 10.3 Å². The van der Waals surface area contributed by atoms with E-state index in [-0.39, 0.29) is 0 Å². The monoisotopic (exact) mass is 249 g/mol. The van der Waals surface area contributed by atoms with Crippen LogP contribution >= 0.6 is 11.6 Å². The van der Waals surface area contributed by atoms with Crippen molar-refractivity contribution in [2.75, 3.05) is 0 Å². The minimum Gasteiger partial charge on any atom is -0.296 e. The summed E-state index contributed by atoms with van der Waals surface area (Å²) >= 11 is 5.82. The van der Waals surface area contributed by atoms with Gasteiger partial charge in [-0.3, -0.25) is 4.79 Å². The first-order valence-corrected chi connectivity index (χ1v) is 5.74. The van der Waals surface area contributed by atoms with Crippen LogP contribution in [0.2, 0.25) is 5.02 Å². The van der Waals surface area contributed by atoms with Crippen LogP contribution < -0.4 is 0 Å². The van der Waals surface area contributed by atoms with Gasteiger partial charge in [0.1, 0.15) is 5.69 Å². The van der Waals surface area contributed by atoms with Crippen molar-refractivity contribution >= 4 is 17.9 Å². The van der Waals surface area contributed by atoms with Crippen LogP contribution in [0.15, 0.2) is 24.3 Å². The summed E-state index contributed by atoms with van der Waals surface area (Å²) in [5.74, 6) is 0. The van der Waals surface area contributed by atoms with E-state index in [0.717, 1.165) is 24.0 Å². The van der Waals surface area contributed by atoms with Gasteiger partial charge >= 0.3 is 0 Å². The van der Waals surface area contributed by atoms with Crippen molar-refractivity contribution in [2.45, 2.75) is 19.9 Å². The molecule has 0 aliphatic heterocycles. The molecule has 1 aromatic heterocycles. The average Bonchev–Trinajstić information content (AvgIpc) is 2.74. The smallest absolute Gasteiger partial charge is 0.172 e. The summed E-state index contributed by atoms with van der Waals surface area (Å²) in [4.78, 5) is 10.8. The fourth-order valence-electron chi connectivity index (χ4n) is 1.69. The molecule has 0 spiro atoms. The zero-order valence-electron chi connectivity index (χ0n) is 9.43. The maximum absolute atomic E-state index is 10.8. The largest absolute Gasteiger partial charge is 0.296 e. The van der Waals surface area contributed by atoms with Gasteiger partial charge in [-0.1, -0.05) is 35.9 Å². The van der Waals surface area contributed by atoms with Crippen LogP contribution in [0, 0.1) is 0 Å². The first-order chi connectivity index (χ1) is 8.24. The van der Waals surface area contributed by atoms with E-state index in [0.29, 0.717) is 17.3 Å². The summed E-state index contributed by atoms with van der Waals surface area (Å²) in [5.41, 5.74) is 2.35. The van der Waals surface area contributed by atoms with Crippen molar-refractivity contribution in [3.8, 4) is 0 Å². The maximum Gasteiger partial charge on any atom is 0.172 e. The molecule has 0 saturated carbocycles. The van der Waals surface area contributed by atoms with E-state index < -0.39 is 0 Å². The second-order valence-electron chi connectivity index (χ2n) is 3.68. The molecular weight excluding hydrogens is 238 g/mol. The fourth-order valence-corrected chi connectivity index (χ4v) is 1.82. The van der Waals surface area contributed by atoms with Crippen LogP contribution in [0.3, 0.4) is 0 Å². The van der Waals surface area contributed by atoms with Crippen molar-refractivity contribution in [3.63, 3.8) is 0 Å². The highest BCUT2D eigenvalue weighted by Crippen LogP contribution is 2.12. The number of rotatable bonds is 4. The SMILES string of the molecule is CCc1c(C=O)nnn1Cc1ccc(Cl)cc1. The lowest BCUT2D eigenvalue weighted by Crippen LogP contribution is -2.06. The first kappa shape index (κ1) is 11.8. The van der Waals surface area contributed by atoms with E-state index in [1.165, 1.54) is 0 Å². The standard InChI is InChI=1S/C12H12ClN3O/c1-2-12-11(8-17)14-15-16(12)7-9-3-5-10(13)6-4-9/h3-6,8H,2,7H2,1H3. The fraction of sp³-hybridized carbons (Fsp3) is 0.250. The Morgan fingerprint density at radius 1 is 1.35 bits per heavy atom. The molecule has 0 atom stereocenters. The van der Waals surface area contributed by atoms with E-state index in [9.17, 15) is 4.79 Å². The van der Waals surface area contributed by atoms with Crippen LogP contribution in [0.4, 0.5) is 0 Å². The minimum absolute atomic E-state index is 0.418. The van der Waals surface area contributed by atoms with Crippen molar-refractivity contribution in [1.29, 1.82) is 0 Å². The third-order valence-corrected chi connectivity index (χ3v) is 2.81. The van der Waals surface area contributed by atoms with Gasteiger partial charge in [0.2, 0.25) is 0 Å². The van der Waals surface area contributed by atoms with Crippen LogP contribution in [-0.2, 0) is 13.0 Å². The van der Waals surface area contributed by atoms with Gasteiger partial charge in [0.05, 0.1) is 12.2 Å². The molecule has 88 valence electrons. The third kappa shape index (κ3) is 2.53. The summed E-state index contributed by atoms with van der Waals surface area (Å²) in [5, 5.41) is 8.52. The number of aldehydes is 1. The molecule has 0 radical (unpaired) electrons. The second-order valence-corrected chi connectivity index (χ2v) is 4.11. The Bertz CT molecular complexity index is 519. The number of nitrogens with zero attached hydrogens (tertiary/aromatic N) is 3. The van der Waals surface area contributed by atoms with Crippen molar-refractivity contribution in [3.05, 3.63) is 46.2 Å². The normalized spacial score (nSPS) is 10.5. The number of halogens is 1. The number of hydrogen-bond acceptors (Lipinski definition) is 3. The zero-order chi connectivity index (χ0) is 12.3. The van der Waals surface area contributed by atoms with Crippen molar-refractivity contribution < 1.29 is 4.79 Å². The van der Waals surface area contributed by atoms with Crippen molar-refractivity contribution in [1.82, 2.24) is 15.0 Å². The van der Waals surface area contributed by atoms with Crippen LogP contribution in [0.25, 0.3) is 0 Å². The number of carbonyl (C=O) groups excluding carboxylic acids is 1. The molecule has 0 amide bonds. The molecule has 0 bridgehead atoms. The van der Waals surface area contributed by atoms with E-state index in [4.69, 9.17) is 11.6 Å². The molecule has 5 heteroatoms. The maximum atomic E-state index is 10.8. The Morgan fingerprint density at radius 3 is 2.65 bits per heavy atom. The lowest BCUT2D eigenvalue weighted by Gasteiger charge is -2.05. The summed E-state index contributed by atoms with van der Waals surface area (Å²) < 4.78 is 1.74. The van der Waals surface area contributed by atoms with Gasteiger partial charge in [0.15, 0.2) is 6.29 Å². The van der Waals surface area contributed by atoms with Gasteiger partial charge in [0.25, 0.3) is 0 Å². The van der Waals surface area contributed by atoms with E-state index >= 15 is 0 Å². The Labute approximate surface area is 104 Å². The molecule has 0 aliphatic rings. The van der Waals surface area contributed by atoms with Crippen molar-refractivity contribution in [2.24, 2.45) is 0 Å². The molecule has 2 rings (SSSR count). The predicted molar refractivity (Wildman–Crippen MR) is 65.3 cm³/mol. The lowest BCUT2D eigenvalue weighted by atomic mass is 10.2. The van der Waals surface area contributed by atoms with Crippen LogP contribution in [0.1, 0.15) is 28.7 Å². The van der Waals surface area contributed by atoms with Gasteiger partial charge < -0.3 is 0 Å². The molecule has 0 unspecified atom stereocenters. The minimum atomic E-state index is 0.418. The molecule has 2 aromatic rings. The number of aromatic nitrogens is 3. The highest BCUT2D eigenvalue weighted by molar-refractivity contribution is 6.30. The molecule has 0 fully saturated rings. The van der Waals surface area contributed by atoms with E-state index in [1.54, 1.807) is 4.68 Å². The molecule has 0 aliphatic carbocycles. The zero-order valence-corrected chi connectivity index (χ0v) is 10.2. The number of benzene rings is 1. The Balaban J connectivity index is 2.26. The highest BCUT2D eigenvalue weighted by Gasteiger charge is 2.10. The number of hydrogen-bond donors (Lipinski definition) is 0.